The Balaban J connectivity index is 1.40. The van der Waals surface area contributed by atoms with Crippen LogP contribution in [-0.2, 0) is 22.6 Å². The standard InChI is InChI=1S/C20H22N4O5S/c1-28-15-9-12-8-14-18(26)23(6-3-4-17(25)22-19-21-5-7-30-19)20(27)24(14)11-13(12)10-16(15)29-2/h5,7,9-10,14H,3-4,6,8,11H2,1-2H3,(H,21,22,25). The maximum absolute atomic E-state index is 12.9. The monoisotopic (exact) mass is 430 g/mol. The van der Waals surface area contributed by atoms with E-state index in [1.807, 2.05) is 12.1 Å². The van der Waals surface area contributed by atoms with E-state index in [1.54, 1.807) is 30.7 Å². The SMILES string of the molecule is COc1cc2c(cc1OC)CN1C(=O)N(CCCC(=O)Nc3nccs3)C(=O)C1C2. The number of methoxy groups -OCH3 is 2. The van der Waals surface area contributed by atoms with E-state index < -0.39 is 6.04 Å². The third-order valence-electron chi connectivity index (χ3n) is 5.33. The number of thiazole rings is 1. The molecule has 0 bridgehead atoms. The topological polar surface area (TPSA) is 101 Å². The number of hydrogen-bond donors (Lipinski definition) is 1. The fraction of sp³-hybridized carbons (Fsp3) is 0.400. The van der Waals surface area contributed by atoms with Gasteiger partial charge in [0.05, 0.1) is 14.2 Å². The van der Waals surface area contributed by atoms with E-state index in [9.17, 15) is 14.4 Å². The van der Waals surface area contributed by atoms with E-state index in [-0.39, 0.29) is 30.8 Å². The van der Waals surface area contributed by atoms with Gasteiger partial charge in [0.1, 0.15) is 6.04 Å². The van der Waals surface area contributed by atoms with E-state index in [4.69, 9.17) is 9.47 Å². The van der Waals surface area contributed by atoms with Gasteiger partial charge in [0.2, 0.25) is 5.91 Å². The summed E-state index contributed by atoms with van der Waals surface area (Å²) in [4.78, 5) is 44.5. The zero-order valence-corrected chi connectivity index (χ0v) is 17.5. The number of carbonyl (C=O) groups excluding carboxylic acids is 3. The number of rotatable bonds is 7. The summed E-state index contributed by atoms with van der Waals surface area (Å²) in [7, 11) is 3.13. The number of imide groups is 1. The van der Waals surface area contributed by atoms with Crippen LogP contribution in [0.25, 0.3) is 0 Å². The lowest BCUT2D eigenvalue weighted by molar-refractivity contribution is -0.128. The Morgan fingerprint density at radius 1 is 1.23 bits per heavy atom. The Hall–Kier alpha value is -3.14. The van der Waals surface area contributed by atoms with Gasteiger partial charge in [0.15, 0.2) is 16.6 Å². The van der Waals surface area contributed by atoms with E-state index in [2.05, 4.69) is 10.3 Å². The van der Waals surface area contributed by atoms with Gasteiger partial charge in [-0.2, -0.15) is 0 Å². The first-order chi connectivity index (χ1) is 14.5. The molecule has 1 fully saturated rings. The van der Waals surface area contributed by atoms with Crippen molar-refractivity contribution in [1.82, 2.24) is 14.8 Å². The predicted octanol–water partition coefficient (Wildman–Crippen LogP) is 2.27. The molecule has 2 aliphatic heterocycles. The fourth-order valence-electron chi connectivity index (χ4n) is 3.83. The maximum Gasteiger partial charge on any atom is 0.327 e. The molecule has 0 saturated carbocycles. The summed E-state index contributed by atoms with van der Waals surface area (Å²) < 4.78 is 10.7. The molecule has 0 spiro atoms. The number of hydrogen-bond acceptors (Lipinski definition) is 7. The van der Waals surface area contributed by atoms with Crippen LogP contribution in [0.3, 0.4) is 0 Å². The van der Waals surface area contributed by atoms with Gasteiger partial charge < -0.3 is 19.7 Å². The number of aromatic nitrogens is 1. The molecule has 0 radical (unpaired) electrons. The quantitative estimate of drug-likeness (QED) is 0.677. The van der Waals surface area contributed by atoms with Crippen LogP contribution in [0.4, 0.5) is 9.93 Å². The van der Waals surface area contributed by atoms with Crippen molar-refractivity contribution in [1.29, 1.82) is 0 Å². The van der Waals surface area contributed by atoms with Crippen molar-refractivity contribution in [3.8, 4) is 11.5 Å². The number of benzene rings is 1. The molecule has 4 rings (SSSR count). The Labute approximate surface area is 177 Å². The number of anilines is 1. The first-order valence-corrected chi connectivity index (χ1v) is 10.4. The number of urea groups is 1. The highest BCUT2D eigenvalue weighted by atomic mass is 32.1. The highest BCUT2D eigenvalue weighted by molar-refractivity contribution is 7.13. The van der Waals surface area contributed by atoms with Gasteiger partial charge in [-0.3, -0.25) is 14.5 Å². The Morgan fingerprint density at radius 2 is 1.97 bits per heavy atom. The average Bonchev–Trinajstić information content (AvgIpc) is 3.33. The summed E-state index contributed by atoms with van der Waals surface area (Å²) >= 11 is 1.34. The van der Waals surface area contributed by atoms with Crippen molar-refractivity contribution < 1.29 is 23.9 Å². The van der Waals surface area contributed by atoms with Crippen LogP contribution in [0.15, 0.2) is 23.7 Å². The number of nitrogens with one attached hydrogen (secondary N) is 1. The Bertz CT molecular complexity index is 927. The van der Waals surface area contributed by atoms with E-state index in [0.29, 0.717) is 36.0 Å². The minimum atomic E-state index is -0.521. The van der Waals surface area contributed by atoms with Crippen LogP contribution >= 0.6 is 11.3 Å². The van der Waals surface area contributed by atoms with Gasteiger partial charge in [-0.1, -0.05) is 0 Å². The minimum absolute atomic E-state index is 0.187. The van der Waals surface area contributed by atoms with Crippen molar-refractivity contribution in [3.05, 3.63) is 34.8 Å². The lowest BCUT2D eigenvalue weighted by Crippen LogP contribution is -2.40. The molecule has 9 nitrogen and oxygen atoms in total. The summed E-state index contributed by atoms with van der Waals surface area (Å²) in [5.74, 6) is 0.787. The number of amides is 4. The largest absolute Gasteiger partial charge is 0.493 e. The first-order valence-electron chi connectivity index (χ1n) is 9.57. The Kier molecular flexibility index (Phi) is 5.58. The van der Waals surface area contributed by atoms with Crippen LogP contribution < -0.4 is 14.8 Å². The molecule has 2 aliphatic rings. The lowest BCUT2D eigenvalue weighted by atomic mass is 9.94. The highest BCUT2D eigenvalue weighted by Crippen LogP contribution is 2.37. The third-order valence-corrected chi connectivity index (χ3v) is 6.02. The molecule has 4 amide bonds. The van der Waals surface area contributed by atoms with Crippen LogP contribution in [0, 0.1) is 0 Å². The van der Waals surface area contributed by atoms with E-state index >= 15 is 0 Å². The lowest BCUT2D eigenvalue weighted by Gasteiger charge is -2.29. The number of ether oxygens (including phenoxy) is 2. The molecule has 10 heteroatoms. The average molecular weight is 430 g/mol. The number of fused-ring (bicyclic) bond motifs is 2. The molecule has 1 aromatic heterocycles. The van der Waals surface area contributed by atoms with Gasteiger partial charge in [-0.15, -0.1) is 11.3 Å². The molecule has 158 valence electrons. The molecule has 3 heterocycles. The third kappa shape index (κ3) is 3.70. The number of carbonyl (C=O) groups is 3. The molecular weight excluding hydrogens is 408 g/mol. The van der Waals surface area contributed by atoms with Crippen LogP contribution in [0.2, 0.25) is 0 Å². The molecule has 1 N–H and O–H groups in total. The molecule has 1 unspecified atom stereocenters. The van der Waals surface area contributed by atoms with Gasteiger partial charge in [-0.25, -0.2) is 9.78 Å². The smallest absolute Gasteiger partial charge is 0.327 e. The summed E-state index contributed by atoms with van der Waals surface area (Å²) in [5.41, 5.74) is 1.91. The van der Waals surface area contributed by atoms with E-state index in [1.165, 1.54) is 16.2 Å². The molecule has 1 saturated heterocycles. The van der Waals surface area contributed by atoms with Gasteiger partial charge in [-0.05, 0) is 29.7 Å². The second kappa shape index (κ2) is 8.31. The number of nitrogens with zero attached hydrogens (tertiary/aromatic N) is 3. The molecule has 2 aromatic rings. The molecule has 0 aliphatic carbocycles. The van der Waals surface area contributed by atoms with Crippen LogP contribution in [-0.4, -0.2) is 59.4 Å². The van der Waals surface area contributed by atoms with Crippen molar-refractivity contribution in [2.45, 2.75) is 31.8 Å². The van der Waals surface area contributed by atoms with Crippen molar-refractivity contribution in [3.63, 3.8) is 0 Å². The normalized spacial score (nSPS) is 17.6. The van der Waals surface area contributed by atoms with Crippen LogP contribution in [0.1, 0.15) is 24.0 Å². The summed E-state index contributed by atoms with van der Waals surface area (Å²) in [6.07, 6.45) is 2.64. The molecule has 30 heavy (non-hydrogen) atoms. The Morgan fingerprint density at radius 3 is 2.63 bits per heavy atom. The molecule has 1 atom stereocenters. The highest BCUT2D eigenvalue weighted by Gasteiger charge is 2.47. The van der Waals surface area contributed by atoms with Gasteiger partial charge >= 0.3 is 6.03 Å². The van der Waals surface area contributed by atoms with Crippen molar-refractivity contribution in [2.24, 2.45) is 0 Å². The first kappa shape index (κ1) is 20.1. The van der Waals surface area contributed by atoms with Gasteiger partial charge in [0.25, 0.3) is 5.91 Å². The minimum Gasteiger partial charge on any atom is -0.493 e. The second-order valence-electron chi connectivity index (χ2n) is 7.09. The summed E-state index contributed by atoms with van der Waals surface area (Å²) in [6.45, 7) is 0.547. The molecule has 1 aromatic carbocycles. The fourth-order valence-corrected chi connectivity index (χ4v) is 4.38. The zero-order chi connectivity index (χ0) is 21.3. The molecular formula is C20H22N4O5S. The van der Waals surface area contributed by atoms with Crippen molar-refractivity contribution >= 4 is 34.3 Å². The maximum atomic E-state index is 12.9. The zero-order valence-electron chi connectivity index (χ0n) is 16.7. The summed E-state index contributed by atoms with van der Waals surface area (Å²) in [6, 6.07) is 2.89. The van der Waals surface area contributed by atoms with Gasteiger partial charge in [0, 0.05) is 37.5 Å². The predicted molar refractivity (Wildman–Crippen MR) is 110 cm³/mol. The van der Waals surface area contributed by atoms with Crippen molar-refractivity contribution in [2.75, 3.05) is 26.1 Å². The van der Waals surface area contributed by atoms with E-state index in [0.717, 1.165) is 11.1 Å². The van der Waals surface area contributed by atoms with Crippen LogP contribution in [0.5, 0.6) is 11.5 Å². The second-order valence-corrected chi connectivity index (χ2v) is 7.98. The summed E-state index contributed by atoms with van der Waals surface area (Å²) in [5, 5.41) is 5.01.